The third-order valence-corrected chi connectivity index (χ3v) is 1.76. The van der Waals surface area contributed by atoms with E-state index in [0.717, 1.165) is 0 Å². The van der Waals surface area contributed by atoms with Crippen LogP contribution in [0.1, 0.15) is 54.9 Å². The first-order valence-corrected chi connectivity index (χ1v) is 6.07. The third-order valence-electron chi connectivity index (χ3n) is 1.76. The van der Waals surface area contributed by atoms with Crippen molar-refractivity contribution in [3.8, 4) is 0 Å². The molecule has 0 amide bonds. The van der Waals surface area contributed by atoms with Gasteiger partial charge >= 0.3 is 0 Å². The van der Waals surface area contributed by atoms with E-state index in [1.165, 1.54) is 0 Å². The molecule has 0 saturated carbocycles. The Labute approximate surface area is 96.2 Å². The molecule has 0 saturated heterocycles. The summed E-state index contributed by atoms with van der Waals surface area (Å²) in [4.78, 5) is 0. The maximum Gasteiger partial charge on any atom is 0.0531 e. The van der Waals surface area contributed by atoms with E-state index in [-0.39, 0.29) is 19.8 Å². The van der Waals surface area contributed by atoms with Crippen molar-refractivity contribution in [1.82, 2.24) is 0 Å². The molecule has 0 aromatic heterocycles. The molecule has 3 heteroatoms. The van der Waals surface area contributed by atoms with E-state index < -0.39 is 5.41 Å². The summed E-state index contributed by atoms with van der Waals surface area (Å²) < 4.78 is 0. The summed E-state index contributed by atoms with van der Waals surface area (Å²) in [5.74, 6) is 0. The van der Waals surface area contributed by atoms with Crippen LogP contribution < -0.4 is 0 Å². The van der Waals surface area contributed by atoms with Crippen LogP contribution >= 0.6 is 0 Å². The van der Waals surface area contributed by atoms with Gasteiger partial charge in [0.15, 0.2) is 0 Å². The number of rotatable bonds is 4. The molecule has 0 unspecified atom stereocenters. The van der Waals surface area contributed by atoms with E-state index in [2.05, 4.69) is 0 Å². The molecule has 0 aliphatic carbocycles. The van der Waals surface area contributed by atoms with Gasteiger partial charge in [0.05, 0.1) is 19.8 Å². The van der Waals surface area contributed by atoms with Crippen LogP contribution in [-0.2, 0) is 0 Å². The van der Waals surface area contributed by atoms with Crippen LogP contribution in [0.25, 0.3) is 0 Å². The maximum atomic E-state index is 8.66. The Morgan fingerprint density at radius 1 is 0.667 bits per heavy atom. The summed E-state index contributed by atoms with van der Waals surface area (Å²) >= 11 is 0. The largest absolute Gasteiger partial charge is 0.396 e. The minimum atomic E-state index is -0.667. The zero-order valence-electron chi connectivity index (χ0n) is 11.7. The fourth-order valence-corrected chi connectivity index (χ4v) is 0.485. The van der Waals surface area contributed by atoms with Crippen molar-refractivity contribution in [3.05, 3.63) is 0 Å². The summed E-state index contributed by atoms with van der Waals surface area (Å²) in [5.41, 5.74) is -0.667. The molecular weight excluding hydrogens is 192 g/mol. The summed E-state index contributed by atoms with van der Waals surface area (Å²) in [6.45, 7) is 13.4. The monoisotopic (exact) mass is 224 g/mol. The zero-order chi connectivity index (χ0) is 13.3. The van der Waals surface area contributed by atoms with Crippen LogP contribution in [0.2, 0.25) is 0 Å². The molecule has 0 fully saturated rings. The summed E-state index contributed by atoms with van der Waals surface area (Å²) in [5, 5.41) is 26.0. The molecule has 0 rings (SSSR count). The second-order valence-corrected chi connectivity index (χ2v) is 2.33. The zero-order valence-corrected chi connectivity index (χ0v) is 11.7. The number of hydrogen-bond donors (Lipinski definition) is 3. The van der Waals surface area contributed by atoms with E-state index in [4.69, 9.17) is 15.3 Å². The Morgan fingerprint density at radius 2 is 0.867 bits per heavy atom. The van der Waals surface area contributed by atoms with Crippen molar-refractivity contribution in [2.24, 2.45) is 5.41 Å². The van der Waals surface area contributed by atoms with Gasteiger partial charge in [-0.1, -0.05) is 48.5 Å². The van der Waals surface area contributed by atoms with Gasteiger partial charge in [-0.25, -0.2) is 0 Å². The van der Waals surface area contributed by atoms with Gasteiger partial charge in [-0.3, -0.25) is 0 Å². The molecule has 0 heterocycles. The van der Waals surface area contributed by atoms with Crippen LogP contribution in [0.5, 0.6) is 0 Å². The molecule has 0 radical (unpaired) electrons. The van der Waals surface area contributed by atoms with Gasteiger partial charge in [-0.2, -0.15) is 0 Å². The number of hydrogen-bond acceptors (Lipinski definition) is 3. The molecule has 98 valence electrons. The molecule has 3 N–H and O–H groups in total. The Hall–Kier alpha value is -0.120. The number of aliphatic hydroxyl groups is 3. The minimum Gasteiger partial charge on any atom is -0.396 e. The molecular formula is C12H32O3. The van der Waals surface area contributed by atoms with E-state index in [1.807, 2.05) is 48.5 Å². The van der Waals surface area contributed by atoms with Gasteiger partial charge in [0.2, 0.25) is 0 Å². The van der Waals surface area contributed by atoms with Crippen molar-refractivity contribution in [3.63, 3.8) is 0 Å². The number of aliphatic hydroxyl groups excluding tert-OH is 3. The second-order valence-electron chi connectivity index (χ2n) is 2.33. The molecule has 0 aromatic carbocycles. The lowest BCUT2D eigenvalue weighted by molar-refractivity contribution is 0.00304. The van der Waals surface area contributed by atoms with E-state index in [0.29, 0.717) is 6.42 Å². The van der Waals surface area contributed by atoms with Crippen molar-refractivity contribution < 1.29 is 15.3 Å². The molecule has 0 bridgehead atoms. The van der Waals surface area contributed by atoms with Crippen molar-refractivity contribution in [2.75, 3.05) is 19.8 Å². The van der Waals surface area contributed by atoms with Gasteiger partial charge in [-0.15, -0.1) is 0 Å². The Kier molecular flexibility index (Phi) is 38.1. The first-order valence-electron chi connectivity index (χ1n) is 6.07. The van der Waals surface area contributed by atoms with Crippen LogP contribution in [-0.4, -0.2) is 35.1 Å². The van der Waals surface area contributed by atoms with Gasteiger partial charge in [0.1, 0.15) is 0 Å². The van der Waals surface area contributed by atoms with Crippen molar-refractivity contribution >= 4 is 0 Å². The maximum absolute atomic E-state index is 8.66. The standard InChI is InChI=1S/C6H14O3.3C2H6/c1-2-6(3-7,4-8)5-9;3*1-2/h7-9H,2-5H2,1H3;3*1-2H3. The Bertz CT molecular complexity index is 53.8. The molecule has 0 aromatic rings. The molecule has 3 nitrogen and oxygen atoms in total. The lowest BCUT2D eigenvalue weighted by Gasteiger charge is -2.24. The highest BCUT2D eigenvalue weighted by Gasteiger charge is 2.24. The molecule has 0 atom stereocenters. The molecule has 0 aliphatic heterocycles. The van der Waals surface area contributed by atoms with Gasteiger partial charge < -0.3 is 15.3 Å². The summed E-state index contributed by atoms with van der Waals surface area (Å²) in [6, 6.07) is 0. The fraction of sp³-hybridized carbons (Fsp3) is 1.00. The third kappa shape index (κ3) is 13.9. The SMILES string of the molecule is CC.CC.CC.CCC(CO)(CO)CO. The lowest BCUT2D eigenvalue weighted by atomic mass is 9.88. The fourth-order valence-electron chi connectivity index (χ4n) is 0.485. The van der Waals surface area contributed by atoms with E-state index >= 15 is 0 Å². The van der Waals surface area contributed by atoms with E-state index in [1.54, 1.807) is 0 Å². The Morgan fingerprint density at radius 3 is 0.867 bits per heavy atom. The van der Waals surface area contributed by atoms with Gasteiger partial charge in [0.25, 0.3) is 0 Å². The summed E-state index contributed by atoms with van der Waals surface area (Å²) in [7, 11) is 0. The highest BCUT2D eigenvalue weighted by atomic mass is 16.3. The molecule has 15 heavy (non-hydrogen) atoms. The smallest absolute Gasteiger partial charge is 0.0531 e. The predicted molar refractivity (Wildman–Crippen MR) is 68.0 cm³/mol. The minimum absolute atomic E-state index is 0.156. The van der Waals surface area contributed by atoms with Crippen LogP contribution in [0, 0.1) is 5.41 Å². The van der Waals surface area contributed by atoms with E-state index in [9.17, 15) is 0 Å². The highest BCUT2D eigenvalue weighted by Crippen LogP contribution is 2.18. The van der Waals surface area contributed by atoms with Gasteiger partial charge in [-0.05, 0) is 6.42 Å². The Balaban J connectivity index is -0.0000000860. The molecule has 0 aliphatic rings. The average molecular weight is 224 g/mol. The normalized spacial score (nSPS) is 8.40. The van der Waals surface area contributed by atoms with Gasteiger partial charge in [0, 0.05) is 5.41 Å². The summed E-state index contributed by atoms with van der Waals surface area (Å²) in [6.07, 6.45) is 0.594. The van der Waals surface area contributed by atoms with Crippen LogP contribution in [0.15, 0.2) is 0 Å². The topological polar surface area (TPSA) is 60.7 Å². The quantitative estimate of drug-likeness (QED) is 0.687. The highest BCUT2D eigenvalue weighted by molar-refractivity contribution is 4.74. The average Bonchev–Trinajstić information content (AvgIpc) is 2.40. The van der Waals surface area contributed by atoms with Crippen LogP contribution in [0.4, 0.5) is 0 Å². The first kappa shape index (κ1) is 24.2. The second kappa shape index (κ2) is 23.6. The van der Waals surface area contributed by atoms with Crippen molar-refractivity contribution in [1.29, 1.82) is 0 Å². The lowest BCUT2D eigenvalue weighted by Crippen LogP contribution is -2.32. The first-order chi connectivity index (χ1) is 7.24. The van der Waals surface area contributed by atoms with Crippen molar-refractivity contribution in [2.45, 2.75) is 54.9 Å². The predicted octanol–water partition coefficient (Wildman–Crippen LogP) is 2.44. The molecule has 0 spiro atoms. The van der Waals surface area contributed by atoms with Crippen LogP contribution in [0.3, 0.4) is 0 Å².